The summed E-state index contributed by atoms with van der Waals surface area (Å²) in [6.07, 6.45) is 3.82. The molecular formula is C13H29NO. The molecule has 0 aliphatic rings. The minimum atomic E-state index is 0.268. The Morgan fingerprint density at radius 2 is 1.80 bits per heavy atom. The highest BCUT2D eigenvalue weighted by atomic mass is 16.5. The van der Waals surface area contributed by atoms with E-state index in [0.717, 1.165) is 38.3 Å². The summed E-state index contributed by atoms with van der Waals surface area (Å²) >= 11 is 0. The van der Waals surface area contributed by atoms with Crippen LogP contribution in [0.2, 0.25) is 0 Å². The minimum absolute atomic E-state index is 0.268. The second kappa shape index (κ2) is 7.24. The zero-order chi connectivity index (χ0) is 11.9. The maximum absolute atomic E-state index is 5.75. The molecule has 0 radical (unpaired) electrons. The van der Waals surface area contributed by atoms with Crippen molar-refractivity contribution in [3.63, 3.8) is 0 Å². The van der Waals surface area contributed by atoms with E-state index in [0.29, 0.717) is 6.10 Å². The summed E-state index contributed by atoms with van der Waals surface area (Å²) in [5.74, 6) is 0.723. The molecule has 1 atom stereocenters. The van der Waals surface area contributed by atoms with Gasteiger partial charge >= 0.3 is 0 Å². The Balaban J connectivity index is 3.46. The SMILES string of the molecule is CC(C)CC(C)OCCCC(C)(C)CN. The molecule has 2 heteroatoms. The fourth-order valence-electron chi connectivity index (χ4n) is 1.67. The van der Waals surface area contributed by atoms with Crippen LogP contribution < -0.4 is 5.73 Å². The molecular weight excluding hydrogens is 186 g/mol. The molecule has 0 aliphatic heterocycles. The fourth-order valence-corrected chi connectivity index (χ4v) is 1.67. The fraction of sp³-hybridized carbons (Fsp3) is 1.00. The first-order valence-corrected chi connectivity index (χ1v) is 6.19. The Morgan fingerprint density at radius 3 is 2.27 bits per heavy atom. The summed E-state index contributed by atoms with van der Waals surface area (Å²) in [5.41, 5.74) is 5.94. The van der Waals surface area contributed by atoms with Gasteiger partial charge in [0.15, 0.2) is 0 Å². The molecule has 0 saturated heterocycles. The molecule has 0 heterocycles. The number of ether oxygens (including phenoxy) is 1. The van der Waals surface area contributed by atoms with Gasteiger partial charge in [0, 0.05) is 6.61 Å². The van der Waals surface area contributed by atoms with Crippen LogP contribution >= 0.6 is 0 Å². The van der Waals surface area contributed by atoms with Crippen molar-refractivity contribution in [3.8, 4) is 0 Å². The van der Waals surface area contributed by atoms with E-state index in [1.165, 1.54) is 0 Å². The third kappa shape index (κ3) is 8.88. The predicted molar refractivity (Wildman–Crippen MR) is 66.9 cm³/mol. The highest BCUT2D eigenvalue weighted by Gasteiger charge is 2.14. The molecule has 0 fully saturated rings. The Hall–Kier alpha value is -0.0800. The van der Waals surface area contributed by atoms with Crippen molar-refractivity contribution in [2.45, 2.75) is 60.0 Å². The molecule has 0 aliphatic carbocycles. The average Bonchev–Trinajstić information content (AvgIpc) is 2.11. The smallest absolute Gasteiger partial charge is 0.0549 e. The first-order valence-electron chi connectivity index (χ1n) is 6.19. The highest BCUT2D eigenvalue weighted by Crippen LogP contribution is 2.20. The summed E-state index contributed by atoms with van der Waals surface area (Å²) in [4.78, 5) is 0. The van der Waals surface area contributed by atoms with Gasteiger partial charge in [-0.05, 0) is 44.1 Å². The van der Waals surface area contributed by atoms with Crippen molar-refractivity contribution in [3.05, 3.63) is 0 Å². The number of nitrogens with two attached hydrogens (primary N) is 1. The van der Waals surface area contributed by atoms with Gasteiger partial charge in [0.2, 0.25) is 0 Å². The summed E-state index contributed by atoms with van der Waals surface area (Å²) in [6.45, 7) is 12.7. The van der Waals surface area contributed by atoms with Crippen molar-refractivity contribution in [1.82, 2.24) is 0 Å². The molecule has 2 nitrogen and oxygen atoms in total. The van der Waals surface area contributed by atoms with Crippen LogP contribution in [-0.4, -0.2) is 19.3 Å². The van der Waals surface area contributed by atoms with Gasteiger partial charge < -0.3 is 10.5 Å². The van der Waals surface area contributed by atoms with Crippen molar-refractivity contribution in [2.24, 2.45) is 17.1 Å². The molecule has 0 rings (SSSR count). The number of hydrogen-bond donors (Lipinski definition) is 1. The van der Waals surface area contributed by atoms with Crippen LogP contribution in [0.25, 0.3) is 0 Å². The molecule has 1 unspecified atom stereocenters. The van der Waals surface area contributed by atoms with E-state index >= 15 is 0 Å². The second-order valence-electron chi connectivity index (χ2n) is 5.78. The monoisotopic (exact) mass is 215 g/mol. The van der Waals surface area contributed by atoms with Crippen LogP contribution in [0.1, 0.15) is 53.9 Å². The third-order valence-electron chi connectivity index (χ3n) is 2.76. The normalized spacial score (nSPS) is 14.6. The molecule has 92 valence electrons. The highest BCUT2D eigenvalue weighted by molar-refractivity contribution is 4.68. The van der Waals surface area contributed by atoms with Gasteiger partial charge in [0.05, 0.1) is 6.10 Å². The molecule has 0 saturated carbocycles. The van der Waals surface area contributed by atoms with Gasteiger partial charge in [-0.2, -0.15) is 0 Å². The number of rotatable bonds is 8. The van der Waals surface area contributed by atoms with Crippen molar-refractivity contribution < 1.29 is 4.74 Å². The standard InChI is InChI=1S/C13H29NO/c1-11(2)9-12(3)15-8-6-7-13(4,5)10-14/h11-12H,6-10,14H2,1-5H3. The van der Waals surface area contributed by atoms with Crippen molar-refractivity contribution in [1.29, 1.82) is 0 Å². The third-order valence-corrected chi connectivity index (χ3v) is 2.76. The minimum Gasteiger partial charge on any atom is -0.378 e. The molecule has 0 bridgehead atoms. The topological polar surface area (TPSA) is 35.2 Å². The maximum Gasteiger partial charge on any atom is 0.0549 e. The summed E-state index contributed by atoms with van der Waals surface area (Å²) in [7, 11) is 0. The maximum atomic E-state index is 5.75. The summed E-state index contributed by atoms with van der Waals surface area (Å²) in [6, 6.07) is 0. The second-order valence-corrected chi connectivity index (χ2v) is 5.78. The Morgan fingerprint density at radius 1 is 1.20 bits per heavy atom. The van der Waals surface area contributed by atoms with E-state index in [-0.39, 0.29) is 5.41 Å². The molecule has 0 aromatic rings. The van der Waals surface area contributed by atoms with E-state index in [4.69, 9.17) is 10.5 Å². The van der Waals surface area contributed by atoms with Crippen molar-refractivity contribution in [2.75, 3.05) is 13.2 Å². The zero-order valence-corrected chi connectivity index (χ0v) is 11.2. The molecule has 0 aromatic heterocycles. The Labute approximate surface area is 95.6 Å². The first kappa shape index (κ1) is 14.9. The lowest BCUT2D eigenvalue weighted by Crippen LogP contribution is -2.24. The average molecular weight is 215 g/mol. The van der Waals surface area contributed by atoms with Gasteiger partial charge in [-0.15, -0.1) is 0 Å². The van der Waals surface area contributed by atoms with Gasteiger partial charge in [0.1, 0.15) is 0 Å². The van der Waals surface area contributed by atoms with E-state index in [1.807, 2.05) is 0 Å². The Kier molecular flexibility index (Phi) is 7.20. The Bertz CT molecular complexity index is 155. The first-order chi connectivity index (χ1) is 6.87. The quantitative estimate of drug-likeness (QED) is 0.631. The summed E-state index contributed by atoms with van der Waals surface area (Å²) < 4.78 is 5.75. The molecule has 0 amide bonds. The zero-order valence-electron chi connectivity index (χ0n) is 11.2. The van der Waals surface area contributed by atoms with E-state index in [9.17, 15) is 0 Å². The van der Waals surface area contributed by atoms with Crippen molar-refractivity contribution >= 4 is 0 Å². The molecule has 0 spiro atoms. The molecule has 0 aromatic carbocycles. The van der Waals surface area contributed by atoms with Gasteiger partial charge in [0.25, 0.3) is 0 Å². The van der Waals surface area contributed by atoms with Gasteiger partial charge in [-0.3, -0.25) is 0 Å². The number of hydrogen-bond acceptors (Lipinski definition) is 2. The van der Waals surface area contributed by atoms with Crippen LogP contribution in [0, 0.1) is 11.3 Å². The van der Waals surface area contributed by atoms with Gasteiger partial charge in [-0.25, -0.2) is 0 Å². The largest absolute Gasteiger partial charge is 0.378 e. The van der Waals surface area contributed by atoms with E-state index in [1.54, 1.807) is 0 Å². The van der Waals surface area contributed by atoms with Crippen LogP contribution in [0.5, 0.6) is 0 Å². The van der Waals surface area contributed by atoms with E-state index < -0.39 is 0 Å². The molecule has 15 heavy (non-hydrogen) atoms. The van der Waals surface area contributed by atoms with Crippen LogP contribution in [0.15, 0.2) is 0 Å². The van der Waals surface area contributed by atoms with Crippen LogP contribution in [0.3, 0.4) is 0 Å². The lowest BCUT2D eigenvalue weighted by Gasteiger charge is -2.22. The lowest BCUT2D eigenvalue weighted by atomic mass is 9.88. The van der Waals surface area contributed by atoms with Crippen LogP contribution in [0.4, 0.5) is 0 Å². The van der Waals surface area contributed by atoms with E-state index in [2.05, 4.69) is 34.6 Å². The van der Waals surface area contributed by atoms with Crippen LogP contribution in [-0.2, 0) is 4.74 Å². The summed E-state index contributed by atoms with van der Waals surface area (Å²) in [5, 5.41) is 0. The predicted octanol–water partition coefficient (Wildman–Crippen LogP) is 3.20. The molecule has 2 N–H and O–H groups in total. The van der Waals surface area contributed by atoms with Gasteiger partial charge in [-0.1, -0.05) is 27.7 Å². The lowest BCUT2D eigenvalue weighted by molar-refractivity contribution is 0.0454.